The minimum atomic E-state index is -0.503. The summed E-state index contributed by atoms with van der Waals surface area (Å²) in [4.78, 5) is 17.4. The van der Waals surface area contributed by atoms with Gasteiger partial charge in [-0.05, 0) is 49.7 Å². The van der Waals surface area contributed by atoms with E-state index >= 15 is 0 Å². The molecule has 4 rings (SSSR count). The van der Waals surface area contributed by atoms with E-state index in [4.69, 9.17) is 25.9 Å². The molecule has 1 amide bonds. The van der Waals surface area contributed by atoms with Crippen LogP contribution in [0.2, 0.25) is 5.02 Å². The minimum absolute atomic E-state index is 0.0924. The number of aliphatic imine (C=N–C) groups is 1. The molecular formula is C23H22ClN3O3. The van der Waals surface area contributed by atoms with E-state index in [-0.39, 0.29) is 12.3 Å². The van der Waals surface area contributed by atoms with Crippen LogP contribution in [0.15, 0.2) is 52.0 Å². The first-order chi connectivity index (χ1) is 14.5. The summed E-state index contributed by atoms with van der Waals surface area (Å²) in [5.74, 6) is 1.22. The number of aryl methyl sites for hydroxylation is 1. The topological polar surface area (TPSA) is 76.7 Å². The van der Waals surface area contributed by atoms with Crippen LogP contribution in [0.4, 0.5) is 0 Å². The standard InChI is InChI=1S/C23H22ClN3O3/c1-4-25-20(28)12-19-23-21(13(2)27-30-23)17-10-9-16(29-3)11-18(17)22(26-19)14-5-7-15(24)8-6-14/h5-11,19H,4,12H2,1-3H3,(H,25,28). The van der Waals surface area contributed by atoms with Crippen molar-refractivity contribution in [2.45, 2.75) is 26.3 Å². The summed E-state index contributed by atoms with van der Waals surface area (Å²) in [5.41, 5.74) is 5.10. The van der Waals surface area contributed by atoms with Crippen LogP contribution in [-0.2, 0) is 4.79 Å². The Morgan fingerprint density at radius 2 is 1.97 bits per heavy atom. The van der Waals surface area contributed by atoms with E-state index in [0.717, 1.165) is 33.7 Å². The maximum absolute atomic E-state index is 12.4. The smallest absolute Gasteiger partial charge is 0.222 e. The number of carbonyl (C=O) groups excluding carboxylic acids is 1. The number of methoxy groups -OCH3 is 1. The summed E-state index contributed by atoms with van der Waals surface area (Å²) in [7, 11) is 1.63. The van der Waals surface area contributed by atoms with Gasteiger partial charge in [-0.3, -0.25) is 9.79 Å². The highest BCUT2D eigenvalue weighted by Crippen LogP contribution is 2.41. The molecule has 1 aliphatic heterocycles. The SMILES string of the molecule is CCNC(=O)CC1N=C(c2ccc(Cl)cc2)c2cc(OC)ccc2-c2c(C)noc21. The predicted octanol–water partition coefficient (Wildman–Crippen LogP) is 4.73. The van der Waals surface area contributed by atoms with Crippen LogP contribution in [0.3, 0.4) is 0 Å². The van der Waals surface area contributed by atoms with Gasteiger partial charge in [0.05, 0.1) is 30.5 Å². The van der Waals surface area contributed by atoms with Crippen LogP contribution < -0.4 is 10.1 Å². The number of halogens is 1. The normalized spacial score (nSPS) is 14.9. The first-order valence-electron chi connectivity index (χ1n) is 9.77. The maximum atomic E-state index is 12.4. The van der Waals surface area contributed by atoms with Gasteiger partial charge in [0, 0.05) is 22.7 Å². The predicted molar refractivity (Wildman–Crippen MR) is 116 cm³/mol. The largest absolute Gasteiger partial charge is 0.497 e. The number of fused-ring (bicyclic) bond motifs is 3. The van der Waals surface area contributed by atoms with Crippen LogP contribution >= 0.6 is 11.6 Å². The Morgan fingerprint density at radius 3 is 2.67 bits per heavy atom. The Bertz CT molecular complexity index is 1120. The van der Waals surface area contributed by atoms with Crippen molar-refractivity contribution in [1.82, 2.24) is 10.5 Å². The number of amides is 1. The van der Waals surface area contributed by atoms with Gasteiger partial charge in [-0.1, -0.05) is 28.9 Å². The van der Waals surface area contributed by atoms with Crippen molar-refractivity contribution in [3.63, 3.8) is 0 Å². The first-order valence-corrected chi connectivity index (χ1v) is 10.1. The lowest BCUT2D eigenvalue weighted by molar-refractivity contribution is -0.121. The fourth-order valence-corrected chi connectivity index (χ4v) is 3.84. The van der Waals surface area contributed by atoms with E-state index in [1.165, 1.54) is 0 Å². The Hall–Kier alpha value is -3.12. The molecule has 30 heavy (non-hydrogen) atoms. The summed E-state index contributed by atoms with van der Waals surface area (Å²) >= 11 is 6.10. The van der Waals surface area contributed by atoms with Crippen molar-refractivity contribution in [1.29, 1.82) is 0 Å². The molecule has 0 aliphatic carbocycles. The van der Waals surface area contributed by atoms with E-state index in [9.17, 15) is 4.79 Å². The maximum Gasteiger partial charge on any atom is 0.222 e. The van der Waals surface area contributed by atoms with E-state index in [1.807, 2.05) is 56.3 Å². The summed E-state index contributed by atoms with van der Waals surface area (Å²) in [6.45, 7) is 4.34. The van der Waals surface area contributed by atoms with Gasteiger partial charge in [0.1, 0.15) is 11.8 Å². The average Bonchev–Trinajstić information content (AvgIpc) is 3.06. The zero-order valence-corrected chi connectivity index (χ0v) is 17.8. The lowest BCUT2D eigenvalue weighted by atomic mass is 9.92. The van der Waals surface area contributed by atoms with Crippen LogP contribution in [0.25, 0.3) is 11.1 Å². The average molecular weight is 424 g/mol. The number of hydrogen-bond acceptors (Lipinski definition) is 5. The zero-order chi connectivity index (χ0) is 21.3. The number of aromatic nitrogens is 1. The van der Waals surface area contributed by atoms with E-state index in [2.05, 4.69) is 10.5 Å². The van der Waals surface area contributed by atoms with Gasteiger partial charge in [0.2, 0.25) is 5.91 Å². The van der Waals surface area contributed by atoms with Gasteiger partial charge >= 0.3 is 0 Å². The number of carbonyl (C=O) groups is 1. The molecular weight excluding hydrogens is 402 g/mol. The number of ether oxygens (including phenoxy) is 1. The Morgan fingerprint density at radius 1 is 1.20 bits per heavy atom. The molecule has 1 N–H and O–H groups in total. The van der Waals surface area contributed by atoms with Gasteiger partial charge in [-0.2, -0.15) is 0 Å². The summed E-state index contributed by atoms with van der Waals surface area (Å²) in [5, 5.41) is 7.66. The summed E-state index contributed by atoms with van der Waals surface area (Å²) < 4.78 is 11.2. The molecule has 1 aliphatic rings. The third-order valence-corrected chi connectivity index (χ3v) is 5.35. The van der Waals surface area contributed by atoms with Crippen LogP contribution in [-0.4, -0.2) is 30.4 Å². The number of hydrogen-bond donors (Lipinski definition) is 1. The van der Waals surface area contributed by atoms with Gasteiger partial charge < -0.3 is 14.6 Å². The fraction of sp³-hybridized carbons (Fsp3) is 0.261. The molecule has 1 aromatic heterocycles. The van der Waals surface area contributed by atoms with E-state index < -0.39 is 6.04 Å². The molecule has 0 saturated heterocycles. The molecule has 1 atom stereocenters. The number of nitrogens with zero attached hydrogens (tertiary/aromatic N) is 2. The van der Waals surface area contributed by atoms with E-state index in [0.29, 0.717) is 23.1 Å². The fourth-order valence-electron chi connectivity index (χ4n) is 3.71. The first kappa shape index (κ1) is 20.2. The second-order valence-electron chi connectivity index (χ2n) is 7.08. The molecule has 154 valence electrons. The van der Waals surface area contributed by atoms with Gasteiger partial charge in [0.25, 0.3) is 0 Å². The molecule has 1 unspecified atom stereocenters. The number of nitrogens with one attached hydrogen (secondary N) is 1. The van der Waals surface area contributed by atoms with E-state index in [1.54, 1.807) is 7.11 Å². The highest BCUT2D eigenvalue weighted by atomic mass is 35.5. The highest BCUT2D eigenvalue weighted by molar-refractivity contribution is 6.30. The van der Waals surface area contributed by atoms with Gasteiger partial charge in [-0.25, -0.2) is 0 Å². The van der Waals surface area contributed by atoms with Crippen molar-refractivity contribution < 1.29 is 14.1 Å². The third kappa shape index (κ3) is 3.71. The van der Waals surface area contributed by atoms with Crippen LogP contribution in [0.5, 0.6) is 5.75 Å². The van der Waals surface area contributed by atoms with Gasteiger partial charge in [-0.15, -0.1) is 0 Å². The van der Waals surface area contributed by atoms with Crippen LogP contribution in [0, 0.1) is 6.92 Å². The molecule has 0 bridgehead atoms. The quantitative estimate of drug-likeness (QED) is 0.643. The van der Waals surface area contributed by atoms with Crippen molar-refractivity contribution in [2.75, 3.05) is 13.7 Å². The molecule has 6 nitrogen and oxygen atoms in total. The monoisotopic (exact) mass is 423 g/mol. The molecule has 3 aromatic rings. The molecule has 7 heteroatoms. The lowest BCUT2D eigenvalue weighted by Gasteiger charge is -2.13. The summed E-state index contributed by atoms with van der Waals surface area (Å²) in [6, 6.07) is 12.8. The molecule has 2 aromatic carbocycles. The Kier molecular flexibility index (Phi) is 5.59. The van der Waals surface area contributed by atoms with Crippen molar-refractivity contribution in [3.8, 4) is 16.9 Å². The Labute approximate surface area is 179 Å². The Balaban J connectivity index is 1.96. The molecule has 0 saturated carbocycles. The summed E-state index contributed by atoms with van der Waals surface area (Å²) in [6.07, 6.45) is 0.164. The second-order valence-corrected chi connectivity index (χ2v) is 7.51. The van der Waals surface area contributed by atoms with Crippen molar-refractivity contribution in [3.05, 3.63) is 70.1 Å². The molecule has 0 radical (unpaired) electrons. The van der Waals surface area contributed by atoms with Crippen molar-refractivity contribution in [2.24, 2.45) is 4.99 Å². The van der Waals surface area contributed by atoms with Crippen LogP contribution in [0.1, 0.15) is 42.0 Å². The van der Waals surface area contributed by atoms with Crippen molar-refractivity contribution >= 4 is 23.2 Å². The number of rotatable bonds is 5. The zero-order valence-electron chi connectivity index (χ0n) is 17.0. The third-order valence-electron chi connectivity index (χ3n) is 5.10. The highest BCUT2D eigenvalue weighted by Gasteiger charge is 2.31. The molecule has 0 fully saturated rings. The van der Waals surface area contributed by atoms with Gasteiger partial charge in [0.15, 0.2) is 5.76 Å². The minimum Gasteiger partial charge on any atom is -0.497 e. The number of benzene rings is 2. The molecule has 0 spiro atoms. The lowest BCUT2D eigenvalue weighted by Crippen LogP contribution is -2.24. The molecule has 2 heterocycles. The second kappa shape index (κ2) is 8.32.